The van der Waals surface area contributed by atoms with Gasteiger partial charge in [0.15, 0.2) is 0 Å². The molecule has 0 bridgehead atoms. The zero-order valence-corrected chi connectivity index (χ0v) is 15.3. The van der Waals surface area contributed by atoms with E-state index in [-0.39, 0.29) is 0 Å². The van der Waals surface area contributed by atoms with Crippen molar-refractivity contribution in [2.24, 2.45) is 0 Å². The van der Waals surface area contributed by atoms with E-state index in [1.807, 2.05) is 23.5 Å². The van der Waals surface area contributed by atoms with Crippen LogP contribution in [0, 0.1) is 0 Å². The van der Waals surface area contributed by atoms with Gasteiger partial charge in [-0.25, -0.2) is 0 Å². The van der Waals surface area contributed by atoms with Crippen LogP contribution in [0.25, 0.3) is 21.3 Å². The Morgan fingerprint density at radius 2 is 1.83 bits per heavy atom. The minimum absolute atomic E-state index is 0.884. The second-order valence-electron chi connectivity index (χ2n) is 5.50. The van der Waals surface area contributed by atoms with Crippen molar-refractivity contribution in [2.45, 2.75) is 39.0 Å². The van der Waals surface area contributed by atoms with Gasteiger partial charge in [-0.2, -0.15) is 0 Å². The minimum Gasteiger partial charge on any atom is -0.253 e. The normalized spacial score (nSPS) is 10.7. The van der Waals surface area contributed by atoms with E-state index >= 15 is 0 Å². The van der Waals surface area contributed by atoms with E-state index < -0.39 is 0 Å². The lowest BCUT2D eigenvalue weighted by molar-refractivity contribution is 0.670. The van der Waals surface area contributed by atoms with E-state index in [0.717, 1.165) is 21.3 Å². The fourth-order valence-electron chi connectivity index (χ4n) is 2.46. The summed E-state index contributed by atoms with van der Waals surface area (Å²) in [5.41, 5.74) is 2.66. The average molecular weight is 357 g/mol. The van der Waals surface area contributed by atoms with Crippen molar-refractivity contribution in [3.8, 4) is 0 Å². The number of thiophene rings is 1. The van der Waals surface area contributed by atoms with Gasteiger partial charge in [0.25, 0.3) is 0 Å². The molecule has 0 N–H and O–H groups in total. The Bertz CT molecular complexity index is 871. The van der Waals surface area contributed by atoms with Crippen molar-refractivity contribution in [2.75, 3.05) is 0 Å². The van der Waals surface area contributed by atoms with E-state index in [2.05, 4.69) is 44.0 Å². The molecule has 4 aromatic rings. The molecule has 1 aromatic carbocycles. The van der Waals surface area contributed by atoms with Crippen molar-refractivity contribution in [3.63, 3.8) is 0 Å². The monoisotopic (exact) mass is 356 g/mol. The van der Waals surface area contributed by atoms with Crippen LogP contribution in [0.4, 0.5) is 0 Å². The van der Waals surface area contributed by atoms with E-state index in [4.69, 9.17) is 0 Å². The summed E-state index contributed by atoms with van der Waals surface area (Å²) in [6, 6.07) is 8.19. The lowest BCUT2D eigenvalue weighted by atomic mass is 10.1. The number of hydrogen-bond acceptors (Lipinski definition) is 6. The van der Waals surface area contributed by atoms with Gasteiger partial charge in [0.1, 0.15) is 15.7 Å². The van der Waals surface area contributed by atoms with Crippen LogP contribution in [-0.4, -0.2) is 19.6 Å². The van der Waals surface area contributed by atoms with Crippen LogP contribution in [0.2, 0.25) is 0 Å². The van der Waals surface area contributed by atoms with Crippen molar-refractivity contribution < 1.29 is 0 Å². The molecule has 24 heavy (non-hydrogen) atoms. The zero-order valence-electron chi connectivity index (χ0n) is 13.7. The van der Waals surface area contributed by atoms with Crippen LogP contribution < -0.4 is 0 Å². The fraction of sp³-hybridized carbons (Fsp3) is 0.333. The number of aromatic nitrogens is 4. The van der Waals surface area contributed by atoms with Crippen LogP contribution in [0.3, 0.4) is 0 Å². The van der Waals surface area contributed by atoms with Gasteiger partial charge in [-0.1, -0.05) is 36.7 Å². The predicted octanol–water partition coefficient (Wildman–Crippen LogP) is 5.51. The van der Waals surface area contributed by atoms with Crippen LogP contribution >= 0.6 is 22.9 Å². The molecule has 0 spiro atoms. The molecular weight excluding hydrogens is 336 g/mol. The molecule has 0 aliphatic carbocycles. The first-order valence-corrected chi connectivity index (χ1v) is 9.88. The van der Waals surface area contributed by atoms with Gasteiger partial charge in [0, 0.05) is 17.3 Å². The van der Waals surface area contributed by atoms with Crippen LogP contribution in [0.5, 0.6) is 0 Å². The highest BCUT2D eigenvalue weighted by atomic mass is 32.1. The third-order valence-electron chi connectivity index (χ3n) is 3.71. The third kappa shape index (κ3) is 4.33. The van der Waals surface area contributed by atoms with E-state index in [1.165, 1.54) is 43.6 Å². The first kappa shape index (κ1) is 16.9. The molecule has 0 unspecified atom stereocenters. The topological polar surface area (TPSA) is 51.6 Å². The molecule has 3 heterocycles. The zero-order chi connectivity index (χ0) is 16.6. The summed E-state index contributed by atoms with van der Waals surface area (Å²) >= 11 is 3.23. The number of unbranched alkanes of at least 4 members (excludes halogenated alkanes) is 3. The summed E-state index contributed by atoms with van der Waals surface area (Å²) in [6.07, 6.45) is 10.2. The Kier molecular flexibility index (Phi) is 6.20. The fourth-order valence-corrected chi connectivity index (χ4v) is 3.86. The standard InChI is InChI=1S/C10H16S.C8H4N4S/c1-2-3-4-5-7-10-8-6-9-11-10;1-2-6-8(13-12-11-6)7-5(1)9-3-4-10-7/h6,8-9H,2-5,7H2,1H3;1-4H. The Morgan fingerprint density at radius 3 is 2.67 bits per heavy atom. The molecule has 0 saturated carbocycles. The Morgan fingerprint density at radius 1 is 0.958 bits per heavy atom. The van der Waals surface area contributed by atoms with E-state index in [1.54, 1.807) is 17.3 Å². The van der Waals surface area contributed by atoms with E-state index in [9.17, 15) is 0 Å². The van der Waals surface area contributed by atoms with Crippen molar-refractivity contribution >= 4 is 44.1 Å². The summed E-state index contributed by atoms with van der Waals surface area (Å²) < 4.78 is 4.88. The molecule has 0 aliphatic heterocycles. The van der Waals surface area contributed by atoms with Crippen molar-refractivity contribution in [1.82, 2.24) is 19.6 Å². The van der Waals surface area contributed by atoms with Gasteiger partial charge in [0.2, 0.25) is 0 Å². The molecular formula is C18H20N4S2. The van der Waals surface area contributed by atoms with Gasteiger partial charge in [-0.3, -0.25) is 9.97 Å². The second kappa shape index (κ2) is 8.80. The maximum absolute atomic E-state index is 4.25. The smallest absolute Gasteiger partial charge is 0.110 e. The highest BCUT2D eigenvalue weighted by Gasteiger charge is 2.04. The predicted molar refractivity (Wildman–Crippen MR) is 103 cm³/mol. The molecule has 4 rings (SSSR count). The van der Waals surface area contributed by atoms with E-state index in [0.29, 0.717) is 0 Å². The highest BCUT2D eigenvalue weighted by Crippen LogP contribution is 2.22. The summed E-state index contributed by atoms with van der Waals surface area (Å²) in [6.45, 7) is 2.26. The highest BCUT2D eigenvalue weighted by molar-refractivity contribution is 7.14. The molecule has 0 fully saturated rings. The van der Waals surface area contributed by atoms with Crippen LogP contribution in [0.1, 0.15) is 37.5 Å². The first-order valence-electron chi connectivity index (χ1n) is 8.22. The molecule has 6 heteroatoms. The quantitative estimate of drug-likeness (QED) is 0.443. The van der Waals surface area contributed by atoms with Crippen LogP contribution in [-0.2, 0) is 6.42 Å². The maximum atomic E-state index is 4.25. The van der Waals surface area contributed by atoms with Gasteiger partial charge >= 0.3 is 0 Å². The Labute approximate surface area is 149 Å². The summed E-state index contributed by atoms with van der Waals surface area (Å²) in [7, 11) is 0. The molecule has 0 atom stereocenters. The maximum Gasteiger partial charge on any atom is 0.110 e. The van der Waals surface area contributed by atoms with Gasteiger partial charge in [-0.05, 0) is 48.0 Å². The molecule has 3 aromatic heterocycles. The number of benzene rings is 1. The largest absolute Gasteiger partial charge is 0.253 e. The summed E-state index contributed by atoms with van der Waals surface area (Å²) in [5, 5.41) is 6.13. The first-order chi connectivity index (χ1) is 11.9. The summed E-state index contributed by atoms with van der Waals surface area (Å²) in [4.78, 5) is 9.99. The Hall–Kier alpha value is -1.92. The lowest BCUT2D eigenvalue weighted by Crippen LogP contribution is -1.81. The SMILES string of the molecule is CCCCCCc1cccs1.c1cnc2c(ccc3nnsc32)n1. The van der Waals surface area contributed by atoms with Gasteiger partial charge in [0.05, 0.1) is 5.52 Å². The number of fused-ring (bicyclic) bond motifs is 3. The second-order valence-corrected chi connectivity index (χ2v) is 7.29. The molecule has 0 radical (unpaired) electrons. The summed E-state index contributed by atoms with van der Waals surface area (Å²) in [5.74, 6) is 0. The third-order valence-corrected chi connectivity index (χ3v) is 5.40. The molecule has 0 amide bonds. The van der Waals surface area contributed by atoms with Crippen molar-refractivity contribution in [3.05, 3.63) is 46.9 Å². The van der Waals surface area contributed by atoms with Crippen LogP contribution in [0.15, 0.2) is 42.0 Å². The molecule has 4 nitrogen and oxygen atoms in total. The average Bonchev–Trinajstić information content (AvgIpc) is 3.31. The number of hydrogen-bond donors (Lipinski definition) is 0. The number of rotatable bonds is 5. The Balaban J connectivity index is 0.000000144. The molecule has 0 aliphatic rings. The lowest BCUT2D eigenvalue weighted by Gasteiger charge is -1.95. The van der Waals surface area contributed by atoms with Gasteiger partial charge < -0.3 is 0 Å². The minimum atomic E-state index is 0.884. The van der Waals surface area contributed by atoms with Gasteiger partial charge in [-0.15, -0.1) is 16.4 Å². The number of aryl methyl sites for hydroxylation is 1. The molecule has 0 saturated heterocycles. The molecule has 124 valence electrons. The van der Waals surface area contributed by atoms with Crippen molar-refractivity contribution in [1.29, 1.82) is 0 Å². The number of nitrogens with zero attached hydrogens (tertiary/aromatic N) is 4.